The second-order valence-corrected chi connectivity index (χ2v) is 7.85. The SMILES string of the molecule is CCOC(=O)Cc1c(C)cc2ccccc2c1C1=CCC(C)(C)CC1. The van der Waals surface area contributed by atoms with Crippen molar-refractivity contribution in [3.05, 3.63) is 53.1 Å². The number of carbonyl (C=O) groups excluding carboxylic acids is 1. The van der Waals surface area contributed by atoms with Crippen molar-refractivity contribution in [2.75, 3.05) is 6.61 Å². The highest BCUT2D eigenvalue weighted by atomic mass is 16.5. The fourth-order valence-electron chi connectivity index (χ4n) is 3.79. The molecule has 3 rings (SSSR count). The van der Waals surface area contributed by atoms with E-state index in [1.54, 1.807) is 0 Å². The standard InChI is InChI=1S/C23H28O2/c1-5-25-21(24)15-20-16(2)14-18-8-6-7-9-19(18)22(20)17-10-12-23(3,4)13-11-17/h6-10,14H,5,11-13,15H2,1-4H3. The summed E-state index contributed by atoms with van der Waals surface area (Å²) >= 11 is 0. The van der Waals surface area contributed by atoms with Crippen molar-refractivity contribution < 1.29 is 9.53 Å². The normalized spacial score (nSPS) is 16.6. The monoisotopic (exact) mass is 336 g/mol. The molecule has 2 aromatic carbocycles. The molecule has 0 unspecified atom stereocenters. The smallest absolute Gasteiger partial charge is 0.310 e. The maximum atomic E-state index is 12.2. The highest BCUT2D eigenvalue weighted by Gasteiger charge is 2.25. The first-order valence-electron chi connectivity index (χ1n) is 9.27. The molecule has 132 valence electrons. The van der Waals surface area contributed by atoms with Crippen molar-refractivity contribution in [3.63, 3.8) is 0 Å². The van der Waals surface area contributed by atoms with Gasteiger partial charge in [-0.3, -0.25) is 4.79 Å². The van der Waals surface area contributed by atoms with Crippen LogP contribution in [0.5, 0.6) is 0 Å². The van der Waals surface area contributed by atoms with E-state index in [0.29, 0.717) is 18.4 Å². The van der Waals surface area contributed by atoms with Crippen molar-refractivity contribution >= 4 is 22.3 Å². The molecule has 0 atom stereocenters. The lowest BCUT2D eigenvalue weighted by Gasteiger charge is -2.30. The Bertz CT molecular complexity index is 827. The third-order valence-electron chi connectivity index (χ3n) is 5.30. The quantitative estimate of drug-likeness (QED) is 0.655. The number of fused-ring (bicyclic) bond motifs is 1. The van der Waals surface area contributed by atoms with Crippen LogP contribution in [-0.4, -0.2) is 12.6 Å². The zero-order valence-electron chi connectivity index (χ0n) is 15.8. The number of hydrogen-bond donors (Lipinski definition) is 0. The zero-order valence-corrected chi connectivity index (χ0v) is 15.8. The predicted octanol–water partition coefficient (Wildman–Crippen LogP) is 5.85. The lowest BCUT2D eigenvalue weighted by Crippen LogP contribution is -2.16. The van der Waals surface area contributed by atoms with Gasteiger partial charge in [0.1, 0.15) is 0 Å². The first-order chi connectivity index (χ1) is 11.9. The Balaban J connectivity index is 2.16. The molecule has 0 heterocycles. The fourth-order valence-corrected chi connectivity index (χ4v) is 3.79. The first kappa shape index (κ1) is 17.7. The molecular formula is C23H28O2. The highest BCUT2D eigenvalue weighted by Crippen LogP contribution is 2.41. The Hall–Kier alpha value is -2.09. The molecule has 0 spiro atoms. The van der Waals surface area contributed by atoms with Crippen molar-refractivity contribution in [1.29, 1.82) is 0 Å². The maximum Gasteiger partial charge on any atom is 0.310 e. The average molecular weight is 336 g/mol. The minimum atomic E-state index is -0.140. The van der Waals surface area contributed by atoms with E-state index in [-0.39, 0.29) is 5.97 Å². The van der Waals surface area contributed by atoms with E-state index in [9.17, 15) is 4.79 Å². The van der Waals surface area contributed by atoms with Crippen molar-refractivity contribution in [3.8, 4) is 0 Å². The number of aryl methyl sites for hydroxylation is 1. The molecule has 2 nitrogen and oxygen atoms in total. The minimum absolute atomic E-state index is 0.140. The van der Waals surface area contributed by atoms with Gasteiger partial charge in [-0.15, -0.1) is 0 Å². The van der Waals surface area contributed by atoms with Crippen LogP contribution in [0.3, 0.4) is 0 Å². The molecule has 2 aromatic rings. The van der Waals surface area contributed by atoms with Crippen LogP contribution in [0.4, 0.5) is 0 Å². The van der Waals surface area contributed by atoms with Gasteiger partial charge in [0.05, 0.1) is 13.0 Å². The molecule has 0 saturated carbocycles. The highest BCUT2D eigenvalue weighted by molar-refractivity contribution is 5.97. The van der Waals surface area contributed by atoms with Gasteiger partial charge in [0, 0.05) is 0 Å². The number of esters is 1. The Morgan fingerprint density at radius 3 is 2.68 bits per heavy atom. The number of allylic oxidation sites excluding steroid dienone is 2. The van der Waals surface area contributed by atoms with Gasteiger partial charge in [0.25, 0.3) is 0 Å². The van der Waals surface area contributed by atoms with Gasteiger partial charge in [-0.25, -0.2) is 0 Å². The average Bonchev–Trinajstić information content (AvgIpc) is 2.56. The molecule has 1 aliphatic carbocycles. The summed E-state index contributed by atoms with van der Waals surface area (Å²) < 4.78 is 5.23. The van der Waals surface area contributed by atoms with Crippen LogP contribution in [-0.2, 0) is 16.0 Å². The lowest BCUT2D eigenvalue weighted by atomic mass is 9.75. The molecule has 25 heavy (non-hydrogen) atoms. The van der Waals surface area contributed by atoms with E-state index >= 15 is 0 Å². The van der Waals surface area contributed by atoms with E-state index in [2.05, 4.69) is 57.2 Å². The number of carbonyl (C=O) groups is 1. The van der Waals surface area contributed by atoms with Gasteiger partial charge in [-0.1, -0.05) is 50.3 Å². The van der Waals surface area contributed by atoms with Crippen LogP contribution in [0.25, 0.3) is 16.3 Å². The number of benzene rings is 2. The third kappa shape index (κ3) is 3.78. The van der Waals surface area contributed by atoms with E-state index < -0.39 is 0 Å². The Kier molecular flexibility index (Phi) is 4.99. The molecule has 0 aromatic heterocycles. The minimum Gasteiger partial charge on any atom is -0.466 e. The van der Waals surface area contributed by atoms with Gasteiger partial charge in [0.15, 0.2) is 0 Å². The summed E-state index contributed by atoms with van der Waals surface area (Å²) in [4.78, 5) is 12.2. The summed E-state index contributed by atoms with van der Waals surface area (Å²) in [5.41, 5.74) is 5.32. The second kappa shape index (κ2) is 7.03. The van der Waals surface area contributed by atoms with Gasteiger partial charge in [0.2, 0.25) is 0 Å². The number of hydrogen-bond acceptors (Lipinski definition) is 2. The van der Waals surface area contributed by atoms with Crippen LogP contribution in [0, 0.1) is 12.3 Å². The largest absolute Gasteiger partial charge is 0.466 e. The summed E-state index contributed by atoms with van der Waals surface area (Å²) in [6, 6.07) is 10.7. The molecule has 2 heteroatoms. The van der Waals surface area contributed by atoms with Gasteiger partial charge < -0.3 is 4.74 Å². The fraction of sp³-hybridized carbons (Fsp3) is 0.435. The van der Waals surface area contributed by atoms with Crippen LogP contribution >= 0.6 is 0 Å². The third-order valence-corrected chi connectivity index (χ3v) is 5.30. The van der Waals surface area contributed by atoms with E-state index in [0.717, 1.165) is 18.4 Å². The van der Waals surface area contributed by atoms with Crippen LogP contribution in [0.15, 0.2) is 36.4 Å². The van der Waals surface area contributed by atoms with E-state index in [1.165, 1.54) is 33.9 Å². The van der Waals surface area contributed by atoms with Crippen LogP contribution < -0.4 is 0 Å². The molecule has 0 N–H and O–H groups in total. The molecule has 0 fully saturated rings. The molecular weight excluding hydrogens is 308 g/mol. The molecule has 0 saturated heterocycles. The van der Waals surface area contributed by atoms with Gasteiger partial charge in [-0.2, -0.15) is 0 Å². The number of ether oxygens (including phenoxy) is 1. The molecule has 0 bridgehead atoms. The Labute approximate surface area is 150 Å². The van der Waals surface area contributed by atoms with Gasteiger partial charge >= 0.3 is 5.97 Å². The summed E-state index contributed by atoms with van der Waals surface area (Å²) in [5, 5.41) is 2.49. The molecule has 1 aliphatic rings. The van der Waals surface area contributed by atoms with Crippen molar-refractivity contribution in [2.24, 2.45) is 5.41 Å². The summed E-state index contributed by atoms with van der Waals surface area (Å²) in [7, 11) is 0. The van der Waals surface area contributed by atoms with Gasteiger partial charge in [-0.05, 0) is 71.6 Å². The summed E-state index contributed by atoms with van der Waals surface area (Å²) in [5.74, 6) is -0.140. The Morgan fingerprint density at radius 1 is 1.24 bits per heavy atom. The zero-order chi connectivity index (χ0) is 18.0. The molecule has 0 aliphatic heterocycles. The second-order valence-electron chi connectivity index (χ2n) is 7.85. The topological polar surface area (TPSA) is 26.3 Å². The summed E-state index contributed by atoms with van der Waals surface area (Å²) in [6.07, 6.45) is 6.07. The maximum absolute atomic E-state index is 12.2. The van der Waals surface area contributed by atoms with Crippen LogP contribution in [0.2, 0.25) is 0 Å². The van der Waals surface area contributed by atoms with E-state index in [4.69, 9.17) is 4.74 Å². The number of rotatable bonds is 4. The van der Waals surface area contributed by atoms with E-state index in [1.807, 2.05) is 6.92 Å². The first-order valence-corrected chi connectivity index (χ1v) is 9.27. The van der Waals surface area contributed by atoms with Crippen molar-refractivity contribution in [1.82, 2.24) is 0 Å². The molecule has 0 amide bonds. The molecule has 0 radical (unpaired) electrons. The van der Waals surface area contributed by atoms with Crippen LogP contribution in [0.1, 0.15) is 56.7 Å². The lowest BCUT2D eigenvalue weighted by molar-refractivity contribution is -0.142. The van der Waals surface area contributed by atoms with Crippen molar-refractivity contribution in [2.45, 2.75) is 53.4 Å². The summed E-state index contributed by atoms with van der Waals surface area (Å²) in [6.45, 7) is 9.05. The Morgan fingerprint density at radius 2 is 2.00 bits per heavy atom. The predicted molar refractivity (Wildman–Crippen MR) is 105 cm³/mol.